The highest BCUT2D eigenvalue weighted by atomic mass is 19.4. The Labute approximate surface area is 137 Å². The zero-order chi connectivity index (χ0) is 18.2. The topological polar surface area (TPSA) is 59.3 Å². The molecule has 2 aromatic carbocycles. The number of fused-ring (bicyclic) bond motifs is 1. The van der Waals surface area contributed by atoms with Crippen LogP contribution in [0.2, 0.25) is 0 Å². The van der Waals surface area contributed by atoms with Gasteiger partial charge in [-0.15, -0.1) is 0 Å². The summed E-state index contributed by atoms with van der Waals surface area (Å²) in [6.07, 6.45) is -4.90. The average molecular weight is 351 g/mol. The van der Waals surface area contributed by atoms with Crippen LogP contribution in [-0.2, 0) is 6.18 Å². The Balaban J connectivity index is 1.90. The molecule has 0 spiro atoms. The van der Waals surface area contributed by atoms with E-state index in [9.17, 15) is 27.2 Å². The van der Waals surface area contributed by atoms with Gasteiger partial charge < -0.3 is 9.73 Å². The number of carbonyl (C=O) groups excluding carboxylic acids is 1. The van der Waals surface area contributed by atoms with Gasteiger partial charge in [0.1, 0.15) is 11.4 Å². The van der Waals surface area contributed by atoms with Crippen LogP contribution in [0.1, 0.15) is 15.9 Å². The minimum absolute atomic E-state index is 0.282. The van der Waals surface area contributed by atoms with Gasteiger partial charge in [0.2, 0.25) is 0 Å². The molecule has 0 saturated heterocycles. The van der Waals surface area contributed by atoms with Crippen LogP contribution in [0.4, 0.5) is 23.2 Å². The van der Waals surface area contributed by atoms with Gasteiger partial charge in [0.15, 0.2) is 0 Å². The average Bonchev–Trinajstić information content (AvgIpc) is 2.54. The summed E-state index contributed by atoms with van der Waals surface area (Å²) in [6, 6.07) is 9.04. The van der Waals surface area contributed by atoms with E-state index < -0.39 is 29.1 Å². The number of benzene rings is 2. The highest BCUT2D eigenvalue weighted by Gasteiger charge is 2.34. The minimum atomic E-state index is -4.90. The maximum Gasteiger partial charge on any atom is 0.419 e. The molecule has 1 aromatic heterocycles. The maximum atomic E-state index is 13.3. The maximum absolute atomic E-state index is 13.3. The van der Waals surface area contributed by atoms with Crippen molar-refractivity contribution < 1.29 is 26.8 Å². The van der Waals surface area contributed by atoms with Crippen LogP contribution in [0, 0.1) is 5.82 Å². The predicted molar refractivity (Wildman–Crippen MR) is 81.8 cm³/mol. The summed E-state index contributed by atoms with van der Waals surface area (Å²) in [5.74, 6) is -2.29. The van der Waals surface area contributed by atoms with Gasteiger partial charge in [-0.2, -0.15) is 13.2 Å². The van der Waals surface area contributed by atoms with Crippen molar-refractivity contribution in [3.05, 3.63) is 75.9 Å². The predicted octanol–water partition coefficient (Wildman–Crippen LogP) is 4.20. The van der Waals surface area contributed by atoms with Crippen molar-refractivity contribution in [1.82, 2.24) is 0 Å². The molecule has 1 N–H and O–H groups in total. The molecule has 0 saturated carbocycles. The Morgan fingerprint density at radius 1 is 1.00 bits per heavy atom. The lowest BCUT2D eigenvalue weighted by molar-refractivity contribution is -0.140. The number of amides is 1. The number of hydrogen-bond acceptors (Lipinski definition) is 3. The van der Waals surface area contributed by atoms with Crippen molar-refractivity contribution >= 4 is 22.6 Å². The van der Waals surface area contributed by atoms with E-state index in [4.69, 9.17) is 4.42 Å². The second-order valence-electron chi connectivity index (χ2n) is 5.15. The molecule has 4 nitrogen and oxygen atoms in total. The molecule has 25 heavy (non-hydrogen) atoms. The van der Waals surface area contributed by atoms with Crippen molar-refractivity contribution in [3.8, 4) is 0 Å². The normalized spacial score (nSPS) is 11.5. The van der Waals surface area contributed by atoms with Gasteiger partial charge in [-0.25, -0.2) is 9.18 Å². The Bertz CT molecular complexity index is 1020. The lowest BCUT2D eigenvalue weighted by atomic mass is 10.1. The van der Waals surface area contributed by atoms with E-state index in [1.165, 1.54) is 30.3 Å². The molecule has 0 atom stereocenters. The third-order valence-corrected chi connectivity index (χ3v) is 3.41. The lowest BCUT2D eigenvalue weighted by Gasteiger charge is -2.10. The first-order valence-corrected chi connectivity index (χ1v) is 6.96. The van der Waals surface area contributed by atoms with E-state index in [1.807, 2.05) is 0 Å². The summed E-state index contributed by atoms with van der Waals surface area (Å²) in [5, 5.41) is 2.94. The molecule has 0 unspecified atom stereocenters. The van der Waals surface area contributed by atoms with Gasteiger partial charge in [-0.05, 0) is 42.5 Å². The molecule has 3 aromatic rings. The molecule has 0 aliphatic rings. The van der Waals surface area contributed by atoms with Crippen molar-refractivity contribution in [1.29, 1.82) is 0 Å². The van der Waals surface area contributed by atoms with Crippen molar-refractivity contribution in [2.45, 2.75) is 6.18 Å². The van der Waals surface area contributed by atoms with Crippen LogP contribution in [0.25, 0.3) is 11.0 Å². The number of hydrogen-bond donors (Lipinski definition) is 1. The van der Waals surface area contributed by atoms with Crippen LogP contribution in [0.3, 0.4) is 0 Å². The van der Waals surface area contributed by atoms with Gasteiger partial charge in [0.25, 0.3) is 5.91 Å². The number of carbonyl (C=O) groups is 1. The summed E-state index contributed by atoms with van der Waals surface area (Å²) >= 11 is 0. The molecule has 0 radical (unpaired) electrons. The van der Waals surface area contributed by atoms with Crippen LogP contribution >= 0.6 is 0 Å². The minimum Gasteiger partial charge on any atom is -0.423 e. The van der Waals surface area contributed by atoms with Gasteiger partial charge >= 0.3 is 11.8 Å². The largest absolute Gasteiger partial charge is 0.423 e. The van der Waals surface area contributed by atoms with E-state index in [0.29, 0.717) is 23.1 Å². The molecular formula is C17H9F4NO3. The highest BCUT2D eigenvalue weighted by Crippen LogP contribution is 2.32. The molecule has 1 amide bonds. The Kier molecular flexibility index (Phi) is 4.03. The number of nitrogens with one attached hydrogen (secondary N) is 1. The van der Waals surface area contributed by atoms with Crippen molar-refractivity contribution in [2.24, 2.45) is 0 Å². The van der Waals surface area contributed by atoms with Crippen LogP contribution < -0.4 is 10.9 Å². The van der Waals surface area contributed by atoms with E-state index in [2.05, 4.69) is 5.32 Å². The summed E-state index contributed by atoms with van der Waals surface area (Å²) in [6.45, 7) is 0. The number of halogens is 4. The third kappa shape index (κ3) is 3.52. The smallest absolute Gasteiger partial charge is 0.419 e. The number of anilines is 1. The fourth-order valence-electron chi connectivity index (χ4n) is 2.24. The number of alkyl halides is 3. The van der Waals surface area contributed by atoms with Crippen molar-refractivity contribution in [2.75, 3.05) is 5.32 Å². The van der Waals surface area contributed by atoms with Crippen LogP contribution in [-0.4, -0.2) is 5.91 Å². The van der Waals surface area contributed by atoms with E-state index in [0.717, 1.165) is 6.07 Å². The quantitative estimate of drug-likeness (QED) is 0.556. The fraction of sp³-hybridized carbons (Fsp3) is 0.0588. The van der Waals surface area contributed by atoms with Gasteiger partial charge in [-0.1, -0.05) is 0 Å². The first-order valence-electron chi connectivity index (χ1n) is 6.96. The molecular weight excluding hydrogens is 342 g/mol. The molecule has 0 aliphatic carbocycles. The van der Waals surface area contributed by atoms with Crippen molar-refractivity contribution in [3.63, 3.8) is 0 Å². The molecule has 0 aliphatic heterocycles. The summed E-state index contributed by atoms with van der Waals surface area (Å²) in [5.41, 5.74) is -1.81. The zero-order valence-corrected chi connectivity index (χ0v) is 12.4. The standard InChI is InChI=1S/C17H9F4NO3/c18-13-4-1-10(8-12(13)17(19,20)21)16(24)22-11-3-5-14-9(7-11)2-6-15(23)25-14/h1-8H,(H,22,24). The lowest BCUT2D eigenvalue weighted by Crippen LogP contribution is -2.15. The van der Waals surface area contributed by atoms with Crippen LogP contribution in [0.15, 0.2) is 57.7 Å². The summed E-state index contributed by atoms with van der Waals surface area (Å²) in [4.78, 5) is 23.2. The second-order valence-corrected chi connectivity index (χ2v) is 5.15. The molecule has 1 heterocycles. The number of rotatable bonds is 2. The van der Waals surface area contributed by atoms with E-state index in [-0.39, 0.29) is 11.3 Å². The van der Waals surface area contributed by atoms with E-state index >= 15 is 0 Å². The molecule has 3 rings (SSSR count). The first-order chi connectivity index (χ1) is 11.7. The molecule has 0 fully saturated rings. The summed E-state index contributed by atoms with van der Waals surface area (Å²) < 4.78 is 56.4. The summed E-state index contributed by atoms with van der Waals surface area (Å²) in [7, 11) is 0. The second kappa shape index (κ2) is 6.04. The zero-order valence-electron chi connectivity index (χ0n) is 12.4. The highest BCUT2D eigenvalue weighted by molar-refractivity contribution is 6.05. The molecule has 128 valence electrons. The van der Waals surface area contributed by atoms with Gasteiger partial charge in [0.05, 0.1) is 5.56 Å². The van der Waals surface area contributed by atoms with Gasteiger partial charge in [0, 0.05) is 22.7 Å². The van der Waals surface area contributed by atoms with E-state index in [1.54, 1.807) is 0 Å². The van der Waals surface area contributed by atoms with Gasteiger partial charge in [-0.3, -0.25) is 4.79 Å². The Morgan fingerprint density at radius 2 is 1.76 bits per heavy atom. The Hall–Kier alpha value is -3.16. The monoisotopic (exact) mass is 351 g/mol. The molecule has 8 heteroatoms. The van der Waals surface area contributed by atoms with Crippen LogP contribution in [0.5, 0.6) is 0 Å². The molecule has 0 bridgehead atoms. The third-order valence-electron chi connectivity index (χ3n) is 3.41. The fourth-order valence-corrected chi connectivity index (χ4v) is 2.24. The first kappa shape index (κ1) is 16.7. The SMILES string of the molecule is O=C(Nc1ccc2oc(=O)ccc2c1)c1ccc(F)c(C(F)(F)F)c1. The Morgan fingerprint density at radius 3 is 2.48 bits per heavy atom.